The van der Waals surface area contributed by atoms with E-state index in [1.807, 2.05) is 0 Å². The molecule has 19 nitrogen and oxygen atoms in total. The molecule has 79 heavy (non-hydrogen) atoms. The largest absolute Gasteiger partial charge is 0.394 e. The second-order valence-corrected chi connectivity index (χ2v) is 19.7. The molecular formula is C60H95NO18. The maximum absolute atomic E-state index is 13.2. The molecule has 3 rings (SSSR count). The molecule has 0 aromatic heterocycles. The highest BCUT2D eigenvalue weighted by atomic mass is 16.8. The normalized spacial score (nSPS) is 31.2. The number of unbranched alkanes of at least 4 members (excludes halogenated alkanes) is 4. The highest BCUT2D eigenvalue weighted by Crippen LogP contribution is 2.33. The topological polar surface area (TPSA) is 307 Å². The standard InChI is InChI=1S/C60H95NO18/c1-3-5-7-9-11-12-13-14-15-16-17-18-19-20-21-22-23-24-25-26-27-28-29-30-32-34-36-38-48(66)61-43(44(65)37-35-33-31-10-8-6-4-2)42-74-58-54(72)51(69)56(46(40-63)76-58)79-60-55(73)52(70)57(47(41-64)77-60)78-59-53(71)50(68)49(67)45(39-62)75-59/h5,7-8,10-12,14-15,17-18,20-21,23-24,26-27,29-30,35,37,43-47,49-60,62-65,67-73H,3-4,6,9,13,16,19,22,25,28,31-34,36,38-42H2,1-2H3,(H,61,66)/b7-5-,10-8+,12-11-,15-14-,18-17-,21-20-,24-23-,27-26-,30-29-,37-35+. The second kappa shape index (κ2) is 42.1. The van der Waals surface area contributed by atoms with Crippen LogP contribution in [0, 0.1) is 0 Å². The lowest BCUT2D eigenvalue weighted by Gasteiger charge is -2.48. The predicted octanol–water partition coefficient (Wildman–Crippen LogP) is 4.14. The molecule has 0 aromatic rings. The predicted molar refractivity (Wildman–Crippen MR) is 300 cm³/mol. The average molecular weight is 1120 g/mol. The van der Waals surface area contributed by atoms with Crippen molar-refractivity contribution in [2.45, 2.75) is 221 Å². The molecular weight excluding hydrogens is 1020 g/mol. The number of nitrogens with one attached hydrogen (secondary N) is 1. The van der Waals surface area contributed by atoms with E-state index in [0.717, 1.165) is 83.5 Å². The van der Waals surface area contributed by atoms with E-state index in [0.29, 0.717) is 12.8 Å². The molecule has 448 valence electrons. The maximum Gasteiger partial charge on any atom is 0.220 e. The fourth-order valence-corrected chi connectivity index (χ4v) is 8.58. The number of carbonyl (C=O) groups excluding carboxylic acids is 1. The van der Waals surface area contributed by atoms with Gasteiger partial charge in [-0.05, 0) is 89.9 Å². The summed E-state index contributed by atoms with van der Waals surface area (Å²) in [5.41, 5.74) is 0. The van der Waals surface area contributed by atoms with Crippen LogP contribution in [-0.2, 0) is 33.2 Å². The maximum atomic E-state index is 13.2. The number of hydrogen-bond donors (Lipinski definition) is 12. The van der Waals surface area contributed by atoms with Crippen LogP contribution in [0.25, 0.3) is 0 Å². The van der Waals surface area contributed by atoms with Gasteiger partial charge >= 0.3 is 0 Å². The summed E-state index contributed by atoms with van der Waals surface area (Å²) in [5, 5.41) is 119. The van der Waals surface area contributed by atoms with E-state index in [4.69, 9.17) is 28.4 Å². The van der Waals surface area contributed by atoms with Crippen molar-refractivity contribution >= 4 is 5.91 Å². The van der Waals surface area contributed by atoms with Gasteiger partial charge in [0.1, 0.15) is 73.2 Å². The summed E-state index contributed by atoms with van der Waals surface area (Å²) in [6.45, 7) is 1.37. The van der Waals surface area contributed by atoms with E-state index in [1.165, 1.54) is 0 Å². The number of allylic oxidation sites excluding steroid dienone is 19. The summed E-state index contributed by atoms with van der Waals surface area (Å²) >= 11 is 0. The van der Waals surface area contributed by atoms with Crippen LogP contribution in [0.4, 0.5) is 0 Å². The van der Waals surface area contributed by atoms with Crippen LogP contribution in [0.2, 0.25) is 0 Å². The molecule has 12 N–H and O–H groups in total. The molecule has 0 spiro atoms. The van der Waals surface area contributed by atoms with Crippen LogP contribution >= 0.6 is 0 Å². The Morgan fingerprint density at radius 3 is 1.35 bits per heavy atom. The number of amides is 1. The average Bonchev–Trinajstić information content (AvgIpc) is 3.47. The van der Waals surface area contributed by atoms with E-state index in [9.17, 15) is 61.0 Å². The Bertz CT molecular complexity index is 1910. The molecule has 19 heteroatoms. The molecule has 0 radical (unpaired) electrons. The van der Waals surface area contributed by atoms with Crippen molar-refractivity contribution in [2.24, 2.45) is 0 Å². The summed E-state index contributed by atoms with van der Waals surface area (Å²) in [4.78, 5) is 13.2. The first kappa shape index (κ1) is 69.5. The monoisotopic (exact) mass is 1120 g/mol. The second-order valence-electron chi connectivity index (χ2n) is 19.7. The van der Waals surface area contributed by atoms with Gasteiger partial charge in [-0.15, -0.1) is 0 Å². The Labute approximate surface area is 467 Å². The van der Waals surface area contributed by atoms with Crippen molar-refractivity contribution in [3.8, 4) is 0 Å². The highest BCUT2D eigenvalue weighted by molar-refractivity contribution is 5.76. The lowest BCUT2D eigenvalue weighted by atomic mass is 9.96. The zero-order chi connectivity index (χ0) is 57.6. The van der Waals surface area contributed by atoms with Gasteiger partial charge in [0.25, 0.3) is 0 Å². The van der Waals surface area contributed by atoms with Crippen molar-refractivity contribution < 1.29 is 89.4 Å². The van der Waals surface area contributed by atoms with Crippen LogP contribution in [-0.4, -0.2) is 193 Å². The Morgan fingerprint density at radius 1 is 0.468 bits per heavy atom. The van der Waals surface area contributed by atoms with Gasteiger partial charge in [0, 0.05) is 6.42 Å². The minimum atomic E-state index is -1.99. The van der Waals surface area contributed by atoms with Crippen molar-refractivity contribution in [3.63, 3.8) is 0 Å². The number of aliphatic hydroxyl groups is 11. The van der Waals surface area contributed by atoms with Gasteiger partial charge in [-0.2, -0.15) is 0 Å². The van der Waals surface area contributed by atoms with Gasteiger partial charge in [0.15, 0.2) is 18.9 Å². The molecule has 0 aliphatic carbocycles. The van der Waals surface area contributed by atoms with Gasteiger partial charge < -0.3 is 89.9 Å². The molecule has 17 atom stereocenters. The minimum absolute atomic E-state index is 0.170. The Morgan fingerprint density at radius 2 is 0.873 bits per heavy atom. The first-order valence-electron chi connectivity index (χ1n) is 28.3. The summed E-state index contributed by atoms with van der Waals surface area (Å²) in [7, 11) is 0. The van der Waals surface area contributed by atoms with E-state index in [-0.39, 0.29) is 12.3 Å². The molecule has 1 amide bonds. The highest BCUT2D eigenvalue weighted by Gasteiger charge is 2.53. The number of rotatable bonds is 38. The van der Waals surface area contributed by atoms with Crippen molar-refractivity contribution in [1.29, 1.82) is 0 Å². The minimum Gasteiger partial charge on any atom is -0.394 e. The summed E-state index contributed by atoms with van der Waals surface area (Å²) in [6.07, 6.45) is 28.1. The SMILES string of the molecule is CC/C=C\C/C=C\C/C=C\C/C=C\C/C=C\C/C=C\C/C=C\C/C=C\CCCCC(=O)NC(COC1OC(CO)C(OC2OC(CO)C(OC3OC(CO)C(O)C(O)C3O)C(O)C2O)C(O)C1O)C(O)/C=C/CC/C=C/CCC. The third-order valence-corrected chi connectivity index (χ3v) is 13.2. The van der Waals surface area contributed by atoms with E-state index in [1.54, 1.807) is 12.2 Å². The fourth-order valence-electron chi connectivity index (χ4n) is 8.58. The number of ether oxygens (including phenoxy) is 6. The Hall–Kier alpha value is -3.81. The molecule has 17 unspecified atom stereocenters. The number of carbonyl (C=O) groups is 1. The van der Waals surface area contributed by atoms with Crippen LogP contribution in [0.1, 0.15) is 117 Å². The van der Waals surface area contributed by atoms with E-state index < -0.39 is 131 Å². The quantitative estimate of drug-likeness (QED) is 0.0305. The van der Waals surface area contributed by atoms with Crippen LogP contribution in [0.3, 0.4) is 0 Å². The van der Waals surface area contributed by atoms with E-state index in [2.05, 4.69) is 129 Å². The smallest absolute Gasteiger partial charge is 0.220 e. The van der Waals surface area contributed by atoms with Gasteiger partial charge in [-0.1, -0.05) is 142 Å². The molecule has 0 bridgehead atoms. The molecule has 0 saturated carbocycles. The molecule has 3 aliphatic rings. The van der Waals surface area contributed by atoms with Crippen LogP contribution in [0.5, 0.6) is 0 Å². The summed E-state index contributed by atoms with van der Waals surface area (Å²) < 4.78 is 34.0. The van der Waals surface area contributed by atoms with Crippen molar-refractivity contribution in [2.75, 3.05) is 26.4 Å². The third kappa shape index (κ3) is 26.3. The van der Waals surface area contributed by atoms with E-state index >= 15 is 0 Å². The molecule has 3 aliphatic heterocycles. The fraction of sp³-hybridized carbons (Fsp3) is 0.650. The van der Waals surface area contributed by atoms with Crippen molar-refractivity contribution in [1.82, 2.24) is 5.32 Å². The Kier molecular flexibility index (Phi) is 37.0. The summed E-state index contributed by atoms with van der Waals surface area (Å²) in [5.74, 6) is -0.341. The zero-order valence-corrected chi connectivity index (χ0v) is 46.3. The van der Waals surface area contributed by atoms with Gasteiger partial charge in [-0.25, -0.2) is 0 Å². The Balaban J connectivity index is 1.45. The van der Waals surface area contributed by atoms with Gasteiger partial charge in [0.2, 0.25) is 5.91 Å². The lowest BCUT2D eigenvalue weighted by molar-refractivity contribution is -0.379. The summed E-state index contributed by atoms with van der Waals surface area (Å²) in [6, 6.07) is -1.02. The first-order chi connectivity index (χ1) is 38.3. The molecule has 3 saturated heterocycles. The lowest BCUT2D eigenvalue weighted by Crippen LogP contribution is -2.66. The number of hydrogen-bond acceptors (Lipinski definition) is 18. The molecule has 0 aromatic carbocycles. The number of aliphatic hydroxyl groups excluding tert-OH is 11. The first-order valence-corrected chi connectivity index (χ1v) is 28.3. The zero-order valence-electron chi connectivity index (χ0n) is 46.3. The van der Waals surface area contributed by atoms with Gasteiger partial charge in [0.05, 0.1) is 38.6 Å². The van der Waals surface area contributed by atoms with Gasteiger partial charge in [-0.3, -0.25) is 4.79 Å². The molecule has 3 fully saturated rings. The molecule has 3 heterocycles. The van der Waals surface area contributed by atoms with Crippen molar-refractivity contribution in [3.05, 3.63) is 122 Å². The van der Waals surface area contributed by atoms with Crippen LogP contribution in [0.15, 0.2) is 122 Å². The third-order valence-electron chi connectivity index (χ3n) is 13.2. The van der Waals surface area contributed by atoms with Crippen LogP contribution < -0.4 is 5.32 Å².